The number of rotatable bonds is 1. The van der Waals surface area contributed by atoms with Gasteiger partial charge in [0.2, 0.25) is 5.65 Å². The Kier molecular flexibility index (Phi) is 3.63. The Morgan fingerprint density at radius 3 is 2.79 bits per heavy atom. The largest absolute Gasteiger partial charge is 0.392 e. The van der Waals surface area contributed by atoms with Gasteiger partial charge in [0.05, 0.1) is 5.92 Å². The standard InChI is InChI=1S/C15H18F3N5O/c16-15(17,18)11-1-5-22(9-14(11)2-7-24-8-3-14)12-13-21-20-10-23(13)6-4-19-12/h4,6,10-11H,1-3,5,7-9H2. The first-order valence-electron chi connectivity index (χ1n) is 8.03. The molecule has 130 valence electrons. The van der Waals surface area contributed by atoms with Gasteiger partial charge < -0.3 is 9.64 Å². The first-order valence-corrected chi connectivity index (χ1v) is 8.03. The van der Waals surface area contributed by atoms with Crippen molar-refractivity contribution >= 4 is 11.5 Å². The molecule has 0 bridgehead atoms. The van der Waals surface area contributed by atoms with Gasteiger partial charge in [-0.05, 0) is 19.3 Å². The van der Waals surface area contributed by atoms with Crippen molar-refractivity contribution in [3.63, 3.8) is 0 Å². The number of nitrogens with zero attached hydrogens (tertiary/aromatic N) is 5. The summed E-state index contributed by atoms with van der Waals surface area (Å²) in [7, 11) is 0. The molecule has 0 N–H and O–H groups in total. The normalized spacial score (nSPS) is 24.6. The third-order valence-corrected chi connectivity index (χ3v) is 5.31. The van der Waals surface area contributed by atoms with Crippen molar-refractivity contribution in [1.82, 2.24) is 19.6 Å². The SMILES string of the molecule is FC(F)(F)C1CCN(c2nccn3cnnc23)CC12CCOCC2. The summed E-state index contributed by atoms with van der Waals surface area (Å²) in [4.78, 5) is 6.29. The second-order valence-electron chi connectivity index (χ2n) is 6.59. The van der Waals surface area contributed by atoms with Gasteiger partial charge in [-0.15, -0.1) is 10.2 Å². The summed E-state index contributed by atoms with van der Waals surface area (Å²) in [5.41, 5.74) is -0.242. The van der Waals surface area contributed by atoms with E-state index in [1.807, 2.05) is 4.90 Å². The summed E-state index contributed by atoms with van der Waals surface area (Å²) >= 11 is 0. The van der Waals surface area contributed by atoms with Crippen molar-refractivity contribution in [2.24, 2.45) is 11.3 Å². The van der Waals surface area contributed by atoms with Crippen LogP contribution in [0, 0.1) is 11.3 Å². The second-order valence-corrected chi connectivity index (χ2v) is 6.59. The number of halogens is 3. The number of anilines is 1. The third kappa shape index (κ3) is 2.51. The lowest BCUT2D eigenvalue weighted by molar-refractivity contribution is -0.223. The maximum Gasteiger partial charge on any atom is 0.392 e. The average Bonchev–Trinajstić information content (AvgIpc) is 3.03. The van der Waals surface area contributed by atoms with Gasteiger partial charge in [-0.3, -0.25) is 4.40 Å². The smallest absolute Gasteiger partial charge is 0.381 e. The summed E-state index contributed by atoms with van der Waals surface area (Å²) < 4.78 is 47.9. The first kappa shape index (κ1) is 15.6. The van der Waals surface area contributed by atoms with Gasteiger partial charge in [0.15, 0.2) is 5.82 Å². The monoisotopic (exact) mass is 341 g/mol. The van der Waals surface area contributed by atoms with Crippen molar-refractivity contribution < 1.29 is 17.9 Å². The number of ether oxygens (including phenoxy) is 1. The Morgan fingerprint density at radius 2 is 2.04 bits per heavy atom. The fraction of sp³-hybridized carbons (Fsp3) is 0.667. The third-order valence-electron chi connectivity index (χ3n) is 5.31. The van der Waals surface area contributed by atoms with Crippen LogP contribution in [0.1, 0.15) is 19.3 Å². The van der Waals surface area contributed by atoms with E-state index in [2.05, 4.69) is 15.2 Å². The molecule has 0 aliphatic carbocycles. The van der Waals surface area contributed by atoms with Gasteiger partial charge in [0, 0.05) is 44.1 Å². The van der Waals surface area contributed by atoms with Crippen LogP contribution in [0.4, 0.5) is 19.0 Å². The van der Waals surface area contributed by atoms with Gasteiger partial charge in [-0.25, -0.2) is 4.98 Å². The molecule has 24 heavy (non-hydrogen) atoms. The minimum atomic E-state index is -4.18. The highest BCUT2D eigenvalue weighted by molar-refractivity contribution is 5.63. The van der Waals surface area contributed by atoms with E-state index < -0.39 is 17.5 Å². The van der Waals surface area contributed by atoms with Gasteiger partial charge in [0.25, 0.3) is 0 Å². The van der Waals surface area contributed by atoms with E-state index in [1.54, 1.807) is 23.1 Å². The summed E-state index contributed by atoms with van der Waals surface area (Å²) in [5, 5.41) is 7.92. The fourth-order valence-corrected chi connectivity index (χ4v) is 4.10. The minimum Gasteiger partial charge on any atom is -0.381 e. The number of piperidine rings is 1. The minimum absolute atomic E-state index is 0.0698. The molecule has 9 heteroatoms. The lowest BCUT2D eigenvalue weighted by Crippen LogP contribution is -2.56. The molecule has 2 aliphatic heterocycles. The lowest BCUT2D eigenvalue weighted by Gasteiger charge is -2.50. The number of aromatic nitrogens is 4. The number of alkyl halides is 3. The van der Waals surface area contributed by atoms with Crippen LogP contribution in [0.5, 0.6) is 0 Å². The Hall–Kier alpha value is -1.90. The van der Waals surface area contributed by atoms with Crippen molar-refractivity contribution in [3.8, 4) is 0 Å². The molecule has 2 aliphatic rings. The van der Waals surface area contributed by atoms with E-state index in [9.17, 15) is 13.2 Å². The predicted octanol–water partition coefficient (Wildman–Crippen LogP) is 2.31. The zero-order chi connectivity index (χ0) is 16.8. The summed E-state index contributed by atoms with van der Waals surface area (Å²) in [6.07, 6.45) is 1.64. The molecule has 1 unspecified atom stereocenters. The zero-order valence-electron chi connectivity index (χ0n) is 13.0. The van der Waals surface area contributed by atoms with Crippen molar-refractivity contribution in [1.29, 1.82) is 0 Å². The molecule has 1 spiro atoms. The van der Waals surface area contributed by atoms with Gasteiger partial charge in [0.1, 0.15) is 6.33 Å². The van der Waals surface area contributed by atoms with Crippen LogP contribution < -0.4 is 4.90 Å². The maximum atomic E-state index is 13.6. The van der Waals surface area contributed by atoms with E-state index in [-0.39, 0.29) is 6.42 Å². The van der Waals surface area contributed by atoms with E-state index >= 15 is 0 Å². The van der Waals surface area contributed by atoms with Crippen LogP contribution in [-0.2, 0) is 4.74 Å². The molecule has 0 saturated carbocycles. The van der Waals surface area contributed by atoms with Crippen LogP contribution in [0.2, 0.25) is 0 Å². The second kappa shape index (κ2) is 5.58. The molecular weight excluding hydrogens is 323 g/mol. The predicted molar refractivity (Wildman–Crippen MR) is 79.6 cm³/mol. The van der Waals surface area contributed by atoms with E-state index in [4.69, 9.17) is 4.74 Å². The molecule has 0 radical (unpaired) electrons. The number of hydrogen-bond donors (Lipinski definition) is 0. The Morgan fingerprint density at radius 1 is 1.25 bits per heavy atom. The Labute approximate surface area is 136 Å². The Bertz CT molecular complexity index is 725. The van der Waals surface area contributed by atoms with Gasteiger partial charge in [-0.1, -0.05) is 0 Å². The van der Waals surface area contributed by atoms with Crippen molar-refractivity contribution in [2.45, 2.75) is 25.4 Å². The van der Waals surface area contributed by atoms with Crippen LogP contribution in [0.3, 0.4) is 0 Å². The number of fused-ring (bicyclic) bond motifs is 1. The van der Waals surface area contributed by atoms with Crippen LogP contribution in [0.15, 0.2) is 18.7 Å². The molecule has 0 aromatic carbocycles. The summed E-state index contributed by atoms with van der Waals surface area (Å²) in [6.45, 7) is 1.39. The molecule has 2 saturated heterocycles. The maximum absolute atomic E-state index is 13.6. The van der Waals surface area contributed by atoms with Crippen molar-refractivity contribution in [3.05, 3.63) is 18.7 Å². The van der Waals surface area contributed by atoms with E-state index in [0.717, 1.165) is 0 Å². The average molecular weight is 341 g/mol. The highest BCUT2D eigenvalue weighted by Crippen LogP contribution is 2.51. The fourth-order valence-electron chi connectivity index (χ4n) is 4.10. The van der Waals surface area contributed by atoms with Crippen LogP contribution in [-0.4, -0.2) is 52.1 Å². The summed E-state index contributed by atoms with van der Waals surface area (Å²) in [6, 6.07) is 0. The van der Waals surface area contributed by atoms with Crippen LogP contribution in [0.25, 0.3) is 5.65 Å². The zero-order valence-corrected chi connectivity index (χ0v) is 13.0. The quantitative estimate of drug-likeness (QED) is 0.797. The molecule has 6 nitrogen and oxygen atoms in total. The molecule has 4 rings (SSSR count). The lowest BCUT2D eigenvalue weighted by atomic mass is 9.65. The Balaban J connectivity index is 1.69. The molecule has 2 aromatic rings. The van der Waals surface area contributed by atoms with E-state index in [1.165, 1.54) is 0 Å². The molecular formula is C15H18F3N5O. The van der Waals surface area contributed by atoms with E-state index in [0.29, 0.717) is 50.6 Å². The van der Waals surface area contributed by atoms with Crippen LogP contribution >= 0.6 is 0 Å². The summed E-state index contributed by atoms with van der Waals surface area (Å²) in [5.74, 6) is -0.691. The molecule has 2 fully saturated rings. The van der Waals surface area contributed by atoms with Crippen molar-refractivity contribution in [2.75, 3.05) is 31.2 Å². The highest BCUT2D eigenvalue weighted by Gasteiger charge is 2.56. The van der Waals surface area contributed by atoms with Gasteiger partial charge in [-0.2, -0.15) is 13.2 Å². The van der Waals surface area contributed by atoms with Gasteiger partial charge >= 0.3 is 6.18 Å². The molecule has 4 heterocycles. The topological polar surface area (TPSA) is 55.6 Å². The first-order chi connectivity index (χ1) is 11.5. The number of hydrogen-bond acceptors (Lipinski definition) is 5. The molecule has 0 amide bonds. The highest BCUT2D eigenvalue weighted by atomic mass is 19.4. The molecule has 1 atom stereocenters. The molecule has 2 aromatic heterocycles.